The quantitative estimate of drug-likeness (QED) is 0.184. The summed E-state index contributed by atoms with van der Waals surface area (Å²) < 4.78 is 25.3. The molecule has 0 bridgehead atoms. The number of fused-ring (bicyclic) bond motifs is 1. The molecule has 1 aliphatic rings. The lowest BCUT2D eigenvalue weighted by Crippen LogP contribution is -2.40. The summed E-state index contributed by atoms with van der Waals surface area (Å²) in [6.07, 6.45) is 1.80. The molecule has 8 nitrogen and oxygen atoms in total. The number of methoxy groups -OCH3 is 1. The van der Waals surface area contributed by atoms with E-state index in [-0.39, 0.29) is 17.7 Å². The van der Waals surface area contributed by atoms with Gasteiger partial charge in [-0.25, -0.2) is 9.79 Å². The highest BCUT2D eigenvalue weighted by molar-refractivity contribution is 9.10. The standard InChI is InChI=1S/C33H30BrClN2O6S/c1-5-41-27-17-25(34)24(16-26(27)40-4)30-29(32(39)42-6-2)19(3)36-33-37(30)31(38)28(44-33)15-20-10-12-23(13-11-20)43-18-21-8-7-9-22(35)14-21/h7-17,30H,5-6,18H2,1-4H3/b28-15+/t30-/m1/s1. The maximum atomic E-state index is 14.0. The Morgan fingerprint density at radius 1 is 1.07 bits per heavy atom. The summed E-state index contributed by atoms with van der Waals surface area (Å²) in [5, 5.41) is 0.656. The normalized spacial score (nSPS) is 14.6. The fourth-order valence-corrected chi connectivity index (χ4v) is 6.68. The molecule has 1 atom stereocenters. The molecule has 0 spiro atoms. The lowest BCUT2D eigenvalue weighted by Gasteiger charge is -2.26. The predicted octanol–water partition coefficient (Wildman–Crippen LogP) is 6.20. The molecule has 0 N–H and O–H groups in total. The summed E-state index contributed by atoms with van der Waals surface area (Å²) in [5.41, 5.74) is 2.88. The summed E-state index contributed by atoms with van der Waals surface area (Å²) in [7, 11) is 1.54. The van der Waals surface area contributed by atoms with Crippen LogP contribution in [-0.2, 0) is 16.1 Å². The molecule has 2 heterocycles. The second-order valence-corrected chi connectivity index (χ2v) is 12.0. The van der Waals surface area contributed by atoms with E-state index in [1.807, 2.05) is 55.5 Å². The van der Waals surface area contributed by atoms with E-state index in [4.69, 9.17) is 30.5 Å². The van der Waals surface area contributed by atoms with Gasteiger partial charge in [0.05, 0.1) is 42.2 Å². The minimum atomic E-state index is -0.811. The van der Waals surface area contributed by atoms with Gasteiger partial charge in [-0.1, -0.05) is 63.1 Å². The molecule has 11 heteroatoms. The van der Waals surface area contributed by atoms with E-state index in [2.05, 4.69) is 20.9 Å². The average molecular weight is 698 g/mol. The first kappa shape index (κ1) is 31.6. The molecule has 0 saturated carbocycles. The smallest absolute Gasteiger partial charge is 0.338 e. The molecule has 44 heavy (non-hydrogen) atoms. The molecule has 1 aromatic heterocycles. The lowest BCUT2D eigenvalue weighted by atomic mass is 9.95. The maximum Gasteiger partial charge on any atom is 0.338 e. The van der Waals surface area contributed by atoms with Gasteiger partial charge in [0.25, 0.3) is 5.56 Å². The number of aromatic nitrogens is 1. The predicted molar refractivity (Wildman–Crippen MR) is 174 cm³/mol. The molecule has 0 aliphatic carbocycles. The van der Waals surface area contributed by atoms with Crippen LogP contribution in [0.4, 0.5) is 0 Å². The van der Waals surface area contributed by atoms with Crippen LogP contribution in [0, 0.1) is 0 Å². The van der Waals surface area contributed by atoms with Gasteiger partial charge in [-0.15, -0.1) is 0 Å². The third kappa shape index (κ3) is 6.62. The average Bonchev–Trinajstić information content (AvgIpc) is 3.30. The van der Waals surface area contributed by atoms with E-state index in [0.29, 0.717) is 60.6 Å². The lowest BCUT2D eigenvalue weighted by molar-refractivity contribution is -0.139. The summed E-state index contributed by atoms with van der Waals surface area (Å²) in [4.78, 5) is 32.4. The van der Waals surface area contributed by atoms with Crippen LogP contribution in [0.3, 0.4) is 0 Å². The molecule has 0 amide bonds. The van der Waals surface area contributed by atoms with Crippen molar-refractivity contribution in [1.82, 2.24) is 4.57 Å². The number of halogens is 2. The van der Waals surface area contributed by atoms with Gasteiger partial charge in [-0.3, -0.25) is 9.36 Å². The van der Waals surface area contributed by atoms with Crippen LogP contribution in [0.15, 0.2) is 86.2 Å². The number of hydrogen-bond acceptors (Lipinski definition) is 8. The van der Waals surface area contributed by atoms with Crippen molar-refractivity contribution in [2.45, 2.75) is 33.4 Å². The monoisotopic (exact) mass is 696 g/mol. The Kier molecular flexibility index (Phi) is 9.93. The first-order chi connectivity index (χ1) is 21.2. The number of thiazole rings is 1. The van der Waals surface area contributed by atoms with Crippen molar-refractivity contribution in [1.29, 1.82) is 0 Å². The van der Waals surface area contributed by atoms with Crippen molar-refractivity contribution in [2.24, 2.45) is 4.99 Å². The van der Waals surface area contributed by atoms with Crippen LogP contribution < -0.4 is 29.1 Å². The molecule has 4 aromatic rings. The SMILES string of the molecule is CCOC(=O)C1=C(C)N=c2s/c(=C/c3ccc(OCc4cccc(Cl)c4)cc3)c(=O)n2[C@@H]1c1cc(OC)c(OCC)cc1Br. The highest BCUT2D eigenvalue weighted by Crippen LogP contribution is 2.41. The Morgan fingerprint density at radius 3 is 2.52 bits per heavy atom. The van der Waals surface area contributed by atoms with Gasteiger partial charge >= 0.3 is 5.97 Å². The Morgan fingerprint density at radius 2 is 1.84 bits per heavy atom. The zero-order valence-corrected chi connectivity index (χ0v) is 27.7. The van der Waals surface area contributed by atoms with E-state index in [0.717, 1.165) is 11.1 Å². The zero-order valence-electron chi connectivity index (χ0n) is 24.6. The number of hydrogen-bond donors (Lipinski definition) is 0. The van der Waals surface area contributed by atoms with Gasteiger partial charge in [-0.05, 0) is 79.9 Å². The number of esters is 1. The van der Waals surface area contributed by atoms with E-state index in [1.165, 1.54) is 15.9 Å². The number of rotatable bonds is 10. The van der Waals surface area contributed by atoms with Crippen molar-refractivity contribution < 1.29 is 23.7 Å². The summed E-state index contributed by atoms with van der Waals surface area (Å²) in [6.45, 7) is 6.37. The Balaban J connectivity index is 1.55. The molecule has 1 aliphatic heterocycles. The molecular weight excluding hydrogens is 668 g/mol. The zero-order chi connectivity index (χ0) is 31.4. The van der Waals surface area contributed by atoms with Gasteiger partial charge < -0.3 is 18.9 Å². The van der Waals surface area contributed by atoms with Gasteiger partial charge in [0.1, 0.15) is 12.4 Å². The molecule has 0 radical (unpaired) electrons. The van der Waals surface area contributed by atoms with Crippen LogP contribution in [0.2, 0.25) is 5.02 Å². The van der Waals surface area contributed by atoms with Crippen LogP contribution in [0.25, 0.3) is 6.08 Å². The minimum absolute atomic E-state index is 0.180. The molecule has 0 unspecified atom stereocenters. The summed E-state index contributed by atoms with van der Waals surface area (Å²) in [5.74, 6) is 1.16. The minimum Gasteiger partial charge on any atom is -0.493 e. The number of allylic oxidation sites excluding steroid dienone is 1. The second kappa shape index (κ2) is 13.8. The first-order valence-electron chi connectivity index (χ1n) is 13.9. The molecule has 0 saturated heterocycles. The first-order valence-corrected chi connectivity index (χ1v) is 15.9. The topological polar surface area (TPSA) is 88.4 Å². The molecule has 3 aromatic carbocycles. The number of nitrogens with zero attached hydrogens (tertiary/aromatic N) is 2. The maximum absolute atomic E-state index is 14.0. The van der Waals surface area contributed by atoms with E-state index in [9.17, 15) is 9.59 Å². The molecule has 5 rings (SSSR count). The van der Waals surface area contributed by atoms with Gasteiger partial charge in [0.15, 0.2) is 16.3 Å². The second-order valence-electron chi connectivity index (χ2n) is 9.75. The number of carbonyl (C=O) groups is 1. The molecule has 0 fully saturated rings. The summed E-state index contributed by atoms with van der Waals surface area (Å²) in [6, 6.07) is 17.7. The van der Waals surface area contributed by atoms with Crippen molar-refractivity contribution in [3.05, 3.63) is 118 Å². The van der Waals surface area contributed by atoms with E-state index in [1.54, 1.807) is 39.2 Å². The van der Waals surface area contributed by atoms with Gasteiger partial charge in [0, 0.05) is 9.50 Å². The van der Waals surface area contributed by atoms with Crippen molar-refractivity contribution in [2.75, 3.05) is 20.3 Å². The Bertz CT molecular complexity index is 1920. The van der Waals surface area contributed by atoms with Crippen LogP contribution in [-0.4, -0.2) is 30.9 Å². The Labute approximate surface area is 272 Å². The fourth-order valence-electron chi connectivity index (χ4n) is 4.88. The third-order valence-corrected chi connectivity index (χ3v) is 8.77. The summed E-state index contributed by atoms with van der Waals surface area (Å²) >= 11 is 11.0. The Hall–Kier alpha value is -3.86. The van der Waals surface area contributed by atoms with Crippen molar-refractivity contribution in [3.63, 3.8) is 0 Å². The molecular formula is C33H30BrClN2O6S. The van der Waals surface area contributed by atoms with E-state index < -0.39 is 12.0 Å². The van der Waals surface area contributed by atoms with Gasteiger partial charge in [-0.2, -0.15) is 0 Å². The fraction of sp³-hybridized carbons (Fsp3) is 0.242. The highest BCUT2D eigenvalue weighted by Gasteiger charge is 2.35. The van der Waals surface area contributed by atoms with Gasteiger partial charge in [0.2, 0.25) is 0 Å². The highest BCUT2D eigenvalue weighted by atomic mass is 79.9. The van der Waals surface area contributed by atoms with Crippen LogP contribution in [0.1, 0.15) is 43.5 Å². The van der Waals surface area contributed by atoms with E-state index >= 15 is 0 Å². The van der Waals surface area contributed by atoms with Crippen molar-refractivity contribution in [3.8, 4) is 17.2 Å². The van der Waals surface area contributed by atoms with Crippen molar-refractivity contribution >= 4 is 50.9 Å². The molecule has 228 valence electrons. The number of benzene rings is 3. The number of carbonyl (C=O) groups excluding carboxylic acids is 1. The van der Waals surface area contributed by atoms with Crippen LogP contribution in [0.5, 0.6) is 17.2 Å². The largest absolute Gasteiger partial charge is 0.493 e. The third-order valence-electron chi connectivity index (χ3n) is 6.87. The number of ether oxygens (including phenoxy) is 4. The van der Waals surface area contributed by atoms with Crippen LogP contribution >= 0.6 is 38.9 Å².